The number of benzene rings is 1. The van der Waals surface area contributed by atoms with E-state index in [1.54, 1.807) is 60.1 Å². The van der Waals surface area contributed by atoms with Crippen LogP contribution in [0.15, 0.2) is 59.9 Å². The maximum atomic E-state index is 13.1. The van der Waals surface area contributed by atoms with Gasteiger partial charge in [0.2, 0.25) is 0 Å². The Morgan fingerprint density at radius 1 is 1.06 bits per heavy atom. The summed E-state index contributed by atoms with van der Waals surface area (Å²) in [5.41, 5.74) is 1.89. The first kappa shape index (κ1) is 20.5. The molecule has 3 heterocycles. The van der Waals surface area contributed by atoms with Crippen LogP contribution in [0.3, 0.4) is 0 Å². The summed E-state index contributed by atoms with van der Waals surface area (Å²) < 4.78 is 4.39. The van der Waals surface area contributed by atoms with Crippen LogP contribution in [0.5, 0.6) is 0 Å². The number of rotatable bonds is 5. The number of carbonyl (C=O) groups is 1. The molecule has 0 saturated heterocycles. The van der Waals surface area contributed by atoms with Crippen molar-refractivity contribution in [3.63, 3.8) is 0 Å². The highest BCUT2D eigenvalue weighted by molar-refractivity contribution is 6.30. The largest absolute Gasteiger partial charge is 0.345 e. The number of aryl methyl sites for hydroxylation is 2. The minimum atomic E-state index is -0.540. The monoisotopic (exact) mass is 437 g/mol. The third-order valence-electron chi connectivity index (χ3n) is 4.80. The number of hydrogen-bond donors (Lipinski definition) is 1. The van der Waals surface area contributed by atoms with Gasteiger partial charge in [-0.2, -0.15) is 20.0 Å². The predicted octanol–water partition coefficient (Wildman–Crippen LogP) is 2.51. The van der Waals surface area contributed by atoms with Gasteiger partial charge < -0.3 is 5.32 Å². The van der Waals surface area contributed by atoms with Crippen LogP contribution in [0.2, 0.25) is 5.02 Å². The molecule has 1 aromatic carbocycles. The lowest BCUT2D eigenvalue weighted by Crippen LogP contribution is -2.35. The van der Waals surface area contributed by atoms with Crippen LogP contribution in [0.25, 0.3) is 16.9 Å². The Kier molecular flexibility index (Phi) is 5.43. The van der Waals surface area contributed by atoms with Crippen molar-refractivity contribution < 1.29 is 4.79 Å². The molecule has 0 saturated carbocycles. The molecule has 1 amide bonds. The number of amides is 1. The lowest BCUT2D eigenvalue weighted by Gasteiger charge is -2.14. The highest BCUT2D eigenvalue weighted by atomic mass is 35.5. The summed E-state index contributed by atoms with van der Waals surface area (Å²) in [5, 5.41) is 16.1. The minimum Gasteiger partial charge on any atom is -0.345 e. The van der Waals surface area contributed by atoms with Crippen LogP contribution in [0, 0.1) is 0 Å². The molecule has 1 N–H and O–H groups in total. The van der Waals surface area contributed by atoms with Gasteiger partial charge in [0.05, 0.1) is 30.3 Å². The SMILES string of the molecule is C[C@H](NC(=O)c1cc(-c2ccc(Cl)cc2)nn(-c2cnn(C)c2)c1=O)c1cnn(C)c1. The Morgan fingerprint density at radius 3 is 2.35 bits per heavy atom. The highest BCUT2D eigenvalue weighted by Gasteiger charge is 2.20. The van der Waals surface area contributed by atoms with Crippen molar-refractivity contribution >= 4 is 17.5 Å². The Balaban J connectivity index is 1.78. The molecule has 0 aliphatic heterocycles. The summed E-state index contributed by atoms with van der Waals surface area (Å²) in [6.45, 7) is 1.83. The van der Waals surface area contributed by atoms with Crippen molar-refractivity contribution in [1.29, 1.82) is 0 Å². The van der Waals surface area contributed by atoms with E-state index in [0.717, 1.165) is 11.1 Å². The molecule has 0 aliphatic rings. The smallest absolute Gasteiger partial charge is 0.284 e. The second-order valence-corrected chi connectivity index (χ2v) is 7.62. The highest BCUT2D eigenvalue weighted by Crippen LogP contribution is 2.21. The fourth-order valence-electron chi connectivity index (χ4n) is 3.13. The van der Waals surface area contributed by atoms with Crippen LogP contribution in [0.4, 0.5) is 0 Å². The number of nitrogens with one attached hydrogen (secondary N) is 1. The summed E-state index contributed by atoms with van der Waals surface area (Å²) in [6.07, 6.45) is 6.65. The van der Waals surface area contributed by atoms with E-state index in [0.29, 0.717) is 16.4 Å². The number of hydrogen-bond acceptors (Lipinski definition) is 5. The van der Waals surface area contributed by atoms with Crippen LogP contribution < -0.4 is 10.9 Å². The van der Waals surface area contributed by atoms with E-state index in [-0.39, 0.29) is 11.6 Å². The van der Waals surface area contributed by atoms with E-state index < -0.39 is 11.5 Å². The van der Waals surface area contributed by atoms with E-state index in [2.05, 4.69) is 20.6 Å². The Bertz CT molecular complexity index is 1300. The maximum absolute atomic E-state index is 13.1. The number of halogens is 1. The number of carbonyl (C=O) groups excluding carboxylic acids is 1. The van der Waals surface area contributed by atoms with Gasteiger partial charge in [-0.05, 0) is 25.1 Å². The fraction of sp³-hybridized carbons (Fsp3) is 0.190. The third-order valence-corrected chi connectivity index (χ3v) is 5.06. The van der Waals surface area contributed by atoms with Gasteiger partial charge in [-0.15, -0.1) is 0 Å². The molecule has 9 nitrogen and oxygen atoms in total. The third kappa shape index (κ3) is 4.26. The Hall–Kier alpha value is -3.72. The van der Waals surface area contributed by atoms with Gasteiger partial charge in [-0.3, -0.25) is 19.0 Å². The molecular weight excluding hydrogens is 418 g/mol. The van der Waals surface area contributed by atoms with E-state index in [1.165, 1.54) is 16.9 Å². The molecule has 3 aromatic heterocycles. The molecule has 0 fully saturated rings. The quantitative estimate of drug-likeness (QED) is 0.517. The van der Waals surface area contributed by atoms with E-state index in [4.69, 9.17) is 11.6 Å². The summed E-state index contributed by atoms with van der Waals surface area (Å²) >= 11 is 6.00. The van der Waals surface area contributed by atoms with E-state index >= 15 is 0 Å². The van der Waals surface area contributed by atoms with Gasteiger partial charge in [-0.25, -0.2) is 0 Å². The molecule has 4 aromatic rings. The van der Waals surface area contributed by atoms with Crippen LogP contribution >= 0.6 is 11.6 Å². The van der Waals surface area contributed by atoms with Gasteiger partial charge in [0.1, 0.15) is 11.3 Å². The lowest BCUT2D eigenvalue weighted by atomic mass is 10.1. The first-order valence-corrected chi connectivity index (χ1v) is 9.88. The Labute approximate surface area is 182 Å². The van der Waals surface area contributed by atoms with E-state index in [9.17, 15) is 9.59 Å². The van der Waals surface area contributed by atoms with Crippen molar-refractivity contribution in [3.8, 4) is 16.9 Å². The first-order valence-electron chi connectivity index (χ1n) is 9.50. The lowest BCUT2D eigenvalue weighted by molar-refractivity contribution is 0.0937. The van der Waals surface area contributed by atoms with Crippen LogP contribution in [-0.2, 0) is 14.1 Å². The van der Waals surface area contributed by atoms with Gasteiger partial charge >= 0.3 is 0 Å². The van der Waals surface area contributed by atoms with Gasteiger partial charge in [0.15, 0.2) is 0 Å². The first-order chi connectivity index (χ1) is 14.8. The molecule has 0 aliphatic carbocycles. The van der Waals surface area contributed by atoms with Crippen LogP contribution in [0.1, 0.15) is 28.9 Å². The Morgan fingerprint density at radius 2 is 1.74 bits per heavy atom. The van der Waals surface area contributed by atoms with Crippen molar-refractivity contribution in [2.45, 2.75) is 13.0 Å². The standard InChI is InChI=1S/C21H20ClN7O2/c1-13(15-9-23-27(2)11-15)25-20(30)18-8-19(14-4-6-16(22)7-5-14)26-29(21(18)31)17-10-24-28(3)12-17/h4-13H,1-3H3,(H,25,30)/t13-/m0/s1. The van der Waals surface area contributed by atoms with Gasteiger partial charge in [0.25, 0.3) is 11.5 Å². The topological polar surface area (TPSA) is 99.6 Å². The van der Waals surface area contributed by atoms with Crippen molar-refractivity contribution in [2.24, 2.45) is 14.1 Å². The fourth-order valence-corrected chi connectivity index (χ4v) is 3.26. The molecule has 0 spiro atoms. The molecule has 31 heavy (non-hydrogen) atoms. The minimum absolute atomic E-state index is 0.0282. The van der Waals surface area contributed by atoms with Gasteiger partial charge in [-0.1, -0.05) is 23.7 Å². The zero-order valence-electron chi connectivity index (χ0n) is 17.2. The van der Waals surface area contributed by atoms with Crippen molar-refractivity contribution in [2.75, 3.05) is 0 Å². The molecule has 0 bridgehead atoms. The number of aromatic nitrogens is 6. The van der Waals surface area contributed by atoms with Crippen molar-refractivity contribution in [1.82, 2.24) is 34.7 Å². The average Bonchev–Trinajstić information content (AvgIpc) is 3.37. The zero-order chi connectivity index (χ0) is 22.1. The summed E-state index contributed by atoms with van der Waals surface area (Å²) in [5.74, 6) is -0.503. The molecule has 1 atom stereocenters. The van der Waals surface area contributed by atoms with Crippen LogP contribution in [-0.4, -0.2) is 35.2 Å². The molecule has 158 valence electrons. The van der Waals surface area contributed by atoms with Crippen molar-refractivity contribution in [3.05, 3.63) is 81.6 Å². The molecule has 4 rings (SSSR count). The maximum Gasteiger partial charge on any atom is 0.284 e. The predicted molar refractivity (Wildman–Crippen MR) is 116 cm³/mol. The second kappa shape index (κ2) is 8.19. The average molecular weight is 438 g/mol. The molecular formula is C21H20ClN7O2. The second-order valence-electron chi connectivity index (χ2n) is 7.18. The molecule has 0 unspecified atom stereocenters. The summed E-state index contributed by atoms with van der Waals surface area (Å²) in [6, 6.07) is 8.17. The number of nitrogens with zero attached hydrogens (tertiary/aromatic N) is 6. The normalized spacial score (nSPS) is 12.0. The molecule has 10 heteroatoms. The summed E-state index contributed by atoms with van der Waals surface area (Å²) in [4.78, 5) is 26.2. The van der Waals surface area contributed by atoms with Gasteiger partial charge in [0, 0.05) is 36.4 Å². The summed E-state index contributed by atoms with van der Waals surface area (Å²) in [7, 11) is 3.53. The molecule has 0 radical (unpaired) electrons. The van der Waals surface area contributed by atoms with E-state index in [1.807, 2.05) is 13.1 Å². The zero-order valence-corrected chi connectivity index (χ0v) is 17.9.